The van der Waals surface area contributed by atoms with Crippen LogP contribution < -0.4 is 10.1 Å². The minimum atomic E-state index is -0.827. The van der Waals surface area contributed by atoms with E-state index in [0.29, 0.717) is 24.5 Å². The van der Waals surface area contributed by atoms with Crippen LogP contribution in [0.2, 0.25) is 0 Å². The molecule has 6 heteroatoms. The van der Waals surface area contributed by atoms with Gasteiger partial charge in [-0.1, -0.05) is 19.3 Å². The van der Waals surface area contributed by atoms with Crippen LogP contribution in [0.5, 0.6) is 5.75 Å². The number of hydrogen-bond acceptors (Lipinski definition) is 4. The molecular formula is C18H25NO5. The molecule has 1 aromatic rings. The Kier molecular flexibility index (Phi) is 6.61. The number of carboxylic acid groups (broad SMARTS) is 1. The van der Waals surface area contributed by atoms with Crippen molar-refractivity contribution in [3.05, 3.63) is 24.3 Å². The van der Waals surface area contributed by atoms with Gasteiger partial charge in [-0.2, -0.15) is 0 Å². The summed E-state index contributed by atoms with van der Waals surface area (Å²) in [5.41, 5.74) is -0.0237. The maximum atomic E-state index is 12.6. The van der Waals surface area contributed by atoms with E-state index in [-0.39, 0.29) is 12.3 Å². The Hall–Kier alpha value is -2.08. The summed E-state index contributed by atoms with van der Waals surface area (Å²) >= 11 is 0. The van der Waals surface area contributed by atoms with Crippen LogP contribution in [0.25, 0.3) is 0 Å². The number of amides is 1. The Labute approximate surface area is 142 Å². The molecule has 2 N–H and O–H groups in total. The van der Waals surface area contributed by atoms with Gasteiger partial charge >= 0.3 is 5.97 Å². The van der Waals surface area contributed by atoms with Crippen LogP contribution in [0.3, 0.4) is 0 Å². The molecule has 24 heavy (non-hydrogen) atoms. The Morgan fingerprint density at radius 3 is 2.42 bits per heavy atom. The molecule has 0 saturated heterocycles. The third kappa shape index (κ3) is 4.96. The highest BCUT2D eigenvalue weighted by molar-refractivity contribution is 5.97. The second kappa shape index (κ2) is 8.68. The number of carboxylic acids is 1. The molecule has 1 saturated carbocycles. The molecule has 6 nitrogen and oxygen atoms in total. The number of hydrogen-bond donors (Lipinski definition) is 2. The molecule has 132 valence electrons. The van der Waals surface area contributed by atoms with Gasteiger partial charge in [0.15, 0.2) is 0 Å². The van der Waals surface area contributed by atoms with Crippen LogP contribution in [0.4, 0.5) is 5.69 Å². The lowest BCUT2D eigenvalue weighted by molar-refractivity contribution is -0.141. The van der Waals surface area contributed by atoms with Crippen molar-refractivity contribution >= 4 is 17.6 Å². The third-order valence-corrected chi connectivity index (χ3v) is 4.38. The van der Waals surface area contributed by atoms with Crippen molar-refractivity contribution in [2.75, 3.05) is 19.0 Å². The SMILES string of the molecule is COC1(C(=O)Nc2ccc(OCCCC(=O)O)cc2)CCCCC1. The maximum absolute atomic E-state index is 12.6. The summed E-state index contributed by atoms with van der Waals surface area (Å²) in [7, 11) is 1.60. The Morgan fingerprint density at radius 1 is 1.17 bits per heavy atom. The number of rotatable bonds is 8. The van der Waals surface area contributed by atoms with Crippen molar-refractivity contribution < 1.29 is 24.2 Å². The van der Waals surface area contributed by atoms with E-state index in [9.17, 15) is 9.59 Å². The summed E-state index contributed by atoms with van der Waals surface area (Å²) in [5.74, 6) is -0.274. The molecule has 0 atom stereocenters. The first-order chi connectivity index (χ1) is 11.6. The summed E-state index contributed by atoms with van der Waals surface area (Å²) in [6, 6.07) is 7.07. The van der Waals surface area contributed by atoms with Crippen LogP contribution in [0.1, 0.15) is 44.9 Å². The van der Waals surface area contributed by atoms with Gasteiger partial charge in [0, 0.05) is 19.2 Å². The van der Waals surface area contributed by atoms with E-state index >= 15 is 0 Å². The fourth-order valence-electron chi connectivity index (χ4n) is 2.94. The first kappa shape index (κ1) is 18.3. The molecule has 0 spiro atoms. The molecule has 0 heterocycles. The second-order valence-corrected chi connectivity index (χ2v) is 6.08. The molecule has 1 aliphatic carbocycles. The molecule has 2 rings (SSSR count). The summed E-state index contributed by atoms with van der Waals surface area (Å²) in [6.07, 6.45) is 5.21. The monoisotopic (exact) mass is 335 g/mol. The van der Waals surface area contributed by atoms with Crippen molar-refractivity contribution in [3.8, 4) is 5.75 Å². The largest absolute Gasteiger partial charge is 0.494 e. The zero-order valence-corrected chi connectivity index (χ0v) is 14.0. The molecule has 0 bridgehead atoms. The normalized spacial score (nSPS) is 16.4. The number of carbonyl (C=O) groups excluding carboxylic acids is 1. The van der Waals surface area contributed by atoms with Crippen molar-refractivity contribution in [2.45, 2.75) is 50.5 Å². The maximum Gasteiger partial charge on any atom is 0.303 e. The number of ether oxygens (including phenoxy) is 2. The lowest BCUT2D eigenvalue weighted by atomic mass is 9.84. The van der Waals surface area contributed by atoms with E-state index in [2.05, 4.69) is 5.32 Å². The number of aliphatic carboxylic acids is 1. The van der Waals surface area contributed by atoms with Crippen molar-refractivity contribution in [3.63, 3.8) is 0 Å². The molecule has 1 aromatic carbocycles. The highest BCUT2D eigenvalue weighted by Gasteiger charge is 2.39. The van der Waals surface area contributed by atoms with Gasteiger partial charge < -0.3 is 19.9 Å². The standard InChI is InChI=1S/C18H25NO5/c1-23-18(11-3-2-4-12-18)17(22)19-14-7-9-15(10-8-14)24-13-5-6-16(20)21/h7-10H,2-6,11-13H2,1H3,(H,19,22)(H,20,21). The highest BCUT2D eigenvalue weighted by atomic mass is 16.5. The number of nitrogens with one attached hydrogen (secondary N) is 1. The molecule has 1 fully saturated rings. The predicted molar refractivity (Wildman–Crippen MR) is 90.3 cm³/mol. The smallest absolute Gasteiger partial charge is 0.303 e. The number of methoxy groups -OCH3 is 1. The summed E-state index contributed by atoms with van der Waals surface area (Å²) < 4.78 is 11.0. The Bertz CT molecular complexity index is 549. The van der Waals surface area contributed by atoms with Crippen LogP contribution in [0, 0.1) is 0 Å². The summed E-state index contributed by atoms with van der Waals surface area (Å²) in [4.78, 5) is 23.0. The van der Waals surface area contributed by atoms with E-state index in [0.717, 1.165) is 32.1 Å². The zero-order chi connectivity index (χ0) is 17.4. The van der Waals surface area contributed by atoms with Gasteiger partial charge in [0.25, 0.3) is 5.91 Å². The molecule has 0 aliphatic heterocycles. The van der Waals surface area contributed by atoms with Gasteiger partial charge in [-0.05, 0) is 43.5 Å². The van der Waals surface area contributed by atoms with Crippen LogP contribution >= 0.6 is 0 Å². The van der Waals surface area contributed by atoms with Gasteiger partial charge in [-0.15, -0.1) is 0 Å². The highest BCUT2D eigenvalue weighted by Crippen LogP contribution is 2.32. The molecule has 1 aliphatic rings. The quantitative estimate of drug-likeness (QED) is 0.713. The number of anilines is 1. The molecule has 1 amide bonds. The lowest BCUT2D eigenvalue weighted by Crippen LogP contribution is -2.46. The fraction of sp³-hybridized carbons (Fsp3) is 0.556. The van der Waals surface area contributed by atoms with Gasteiger partial charge in [-0.3, -0.25) is 9.59 Å². The lowest BCUT2D eigenvalue weighted by Gasteiger charge is -2.34. The van der Waals surface area contributed by atoms with E-state index in [4.69, 9.17) is 14.6 Å². The van der Waals surface area contributed by atoms with Crippen molar-refractivity contribution in [1.29, 1.82) is 0 Å². The molecule has 0 aromatic heterocycles. The van der Waals surface area contributed by atoms with Gasteiger partial charge in [0.1, 0.15) is 11.4 Å². The van der Waals surface area contributed by atoms with Gasteiger partial charge in [0.05, 0.1) is 6.61 Å². The first-order valence-electron chi connectivity index (χ1n) is 8.37. The van der Waals surface area contributed by atoms with Gasteiger partial charge in [0.2, 0.25) is 0 Å². The average molecular weight is 335 g/mol. The first-order valence-corrected chi connectivity index (χ1v) is 8.37. The van der Waals surface area contributed by atoms with Crippen molar-refractivity contribution in [2.24, 2.45) is 0 Å². The third-order valence-electron chi connectivity index (χ3n) is 4.38. The number of benzene rings is 1. The minimum Gasteiger partial charge on any atom is -0.494 e. The van der Waals surface area contributed by atoms with E-state index < -0.39 is 11.6 Å². The predicted octanol–water partition coefficient (Wildman–Crippen LogP) is 3.22. The van der Waals surface area contributed by atoms with E-state index in [1.165, 1.54) is 0 Å². The van der Waals surface area contributed by atoms with Crippen LogP contribution in [-0.4, -0.2) is 36.3 Å². The summed E-state index contributed by atoms with van der Waals surface area (Å²) in [5, 5.41) is 11.5. The van der Waals surface area contributed by atoms with Crippen LogP contribution in [-0.2, 0) is 14.3 Å². The Balaban J connectivity index is 1.86. The number of carbonyl (C=O) groups is 2. The van der Waals surface area contributed by atoms with Crippen LogP contribution in [0.15, 0.2) is 24.3 Å². The van der Waals surface area contributed by atoms with E-state index in [1.54, 1.807) is 31.4 Å². The summed E-state index contributed by atoms with van der Waals surface area (Å²) in [6.45, 7) is 0.352. The van der Waals surface area contributed by atoms with Gasteiger partial charge in [-0.25, -0.2) is 0 Å². The molecule has 0 unspecified atom stereocenters. The minimum absolute atomic E-state index is 0.0905. The fourth-order valence-corrected chi connectivity index (χ4v) is 2.94. The molecule has 0 radical (unpaired) electrons. The Morgan fingerprint density at radius 2 is 1.83 bits per heavy atom. The zero-order valence-electron chi connectivity index (χ0n) is 14.0. The van der Waals surface area contributed by atoms with Crippen molar-refractivity contribution in [1.82, 2.24) is 0 Å². The second-order valence-electron chi connectivity index (χ2n) is 6.08. The average Bonchev–Trinajstić information content (AvgIpc) is 2.60. The van der Waals surface area contributed by atoms with E-state index in [1.807, 2.05) is 0 Å². The topological polar surface area (TPSA) is 84.9 Å². The molecular weight excluding hydrogens is 310 g/mol.